The zero-order valence-corrected chi connectivity index (χ0v) is 21.5. The Hall–Kier alpha value is -3.34. The molecule has 0 atom stereocenters. The van der Waals surface area contributed by atoms with Gasteiger partial charge in [-0.1, -0.05) is 6.07 Å². The Bertz CT molecular complexity index is 1080. The number of benzene rings is 1. The Morgan fingerprint density at radius 2 is 1.74 bits per heavy atom. The van der Waals surface area contributed by atoms with Crippen LogP contribution in [0.3, 0.4) is 0 Å². The molecule has 0 fully saturated rings. The van der Waals surface area contributed by atoms with E-state index in [1.165, 1.54) is 11.8 Å². The van der Waals surface area contributed by atoms with E-state index < -0.39 is 17.7 Å². The first-order valence-corrected chi connectivity index (χ1v) is 12.2. The van der Waals surface area contributed by atoms with Crippen LogP contribution < -0.4 is 16.4 Å². The molecule has 0 aliphatic carbocycles. The van der Waals surface area contributed by atoms with Gasteiger partial charge >= 0.3 is 12.1 Å². The molecule has 5 N–H and O–H groups in total. The molecule has 0 aliphatic rings. The lowest BCUT2D eigenvalue weighted by molar-refractivity contribution is -0.121. The summed E-state index contributed by atoms with van der Waals surface area (Å²) in [5.41, 5.74) is 8.34. The van der Waals surface area contributed by atoms with Gasteiger partial charge in [0.2, 0.25) is 11.9 Å². The lowest BCUT2D eigenvalue weighted by atomic mass is 9.98. The summed E-state index contributed by atoms with van der Waals surface area (Å²) in [7, 11) is 0. The van der Waals surface area contributed by atoms with E-state index in [4.69, 9.17) is 10.5 Å². The molecule has 0 saturated heterocycles. The number of aryl methyl sites for hydroxylation is 2. The van der Waals surface area contributed by atoms with Crippen LogP contribution in [0.15, 0.2) is 23.2 Å². The number of carboxylic acids is 1. The molecule has 11 heteroatoms. The lowest BCUT2D eigenvalue weighted by Crippen LogP contribution is -2.37. The van der Waals surface area contributed by atoms with Crippen LogP contribution in [0.2, 0.25) is 0 Å². The molecule has 190 valence electrons. The molecule has 10 nitrogen and oxygen atoms in total. The second-order valence-electron chi connectivity index (χ2n) is 8.97. The van der Waals surface area contributed by atoms with Crippen LogP contribution in [0, 0.1) is 13.8 Å². The molecule has 1 aromatic heterocycles. The van der Waals surface area contributed by atoms with Crippen LogP contribution in [0.25, 0.3) is 11.3 Å². The van der Waals surface area contributed by atoms with Gasteiger partial charge in [0, 0.05) is 25.1 Å². The quantitative estimate of drug-likeness (QED) is 0.216. The Kier molecular flexibility index (Phi) is 9.88. The zero-order valence-electron chi connectivity index (χ0n) is 20.7. The second-order valence-corrected chi connectivity index (χ2v) is 10.1. The molecule has 0 bridgehead atoms. The van der Waals surface area contributed by atoms with Gasteiger partial charge in [-0.3, -0.25) is 4.79 Å². The van der Waals surface area contributed by atoms with Crippen LogP contribution in [-0.2, 0) is 9.53 Å². The maximum absolute atomic E-state index is 12.0. The first-order valence-electron chi connectivity index (χ1n) is 11.2. The molecule has 0 radical (unpaired) electrons. The summed E-state index contributed by atoms with van der Waals surface area (Å²) < 4.78 is 5.13. The molecular formula is C24H33N5O5S. The van der Waals surface area contributed by atoms with Gasteiger partial charge < -0.3 is 26.2 Å². The van der Waals surface area contributed by atoms with Gasteiger partial charge in [0.05, 0.1) is 11.3 Å². The number of aromatic nitrogens is 2. The third-order valence-electron chi connectivity index (χ3n) is 4.71. The number of amides is 2. The number of anilines is 1. The van der Waals surface area contributed by atoms with Crippen LogP contribution in [0.1, 0.15) is 55.1 Å². The summed E-state index contributed by atoms with van der Waals surface area (Å²) in [5.74, 6) is -0.389. The van der Waals surface area contributed by atoms with Crippen molar-refractivity contribution in [2.24, 2.45) is 0 Å². The molecule has 0 aliphatic heterocycles. The normalized spacial score (nSPS) is 11.1. The topological polar surface area (TPSA) is 157 Å². The fourth-order valence-corrected chi connectivity index (χ4v) is 4.04. The third-order valence-corrected chi connectivity index (χ3v) is 5.71. The predicted molar refractivity (Wildman–Crippen MR) is 136 cm³/mol. The number of hydrogen-bond acceptors (Lipinski definition) is 8. The van der Waals surface area contributed by atoms with E-state index in [2.05, 4.69) is 20.6 Å². The number of ether oxygens (including phenoxy) is 1. The number of carbonyl (C=O) groups excluding carboxylic acids is 2. The van der Waals surface area contributed by atoms with Crippen molar-refractivity contribution in [3.8, 4) is 11.3 Å². The summed E-state index contributed by atoms with van der Waals surface area (Å²) in [6.07, 6.45) is 0.417. The number of aromatic carboxylic acids is 1. The summed E-state index contributed by atoms with van der Waals surface area (Å²) in [4.78, 5) is 43.6. The van der Waals surface area contributed by atoms with E-state index in [-0.39, 0.29) is 24.0 Å². The van der Waals surface area contributed by atoms with Crippen molar-refractivity contribution in [1.82, 2.24) is 20.6 Å². The molecule has 35 heavy (non-hydrogen) atoms. The molecule has 2 amide bonds. The summed E-state index contributed by atoms with van der Waals surface area (Å²) in [5, 5.41) is 15.4. The highest BCUT2D eigenvalue weighted by atomic mass is 32.2. The third kappa shape index (κ3) is 9.44. The molecule has 0 saturated carbocycles. The van der Waals surface area contributed by atoms with E-state index in [9.17, 15) is 19.5 Å². The minimum atomic E-state index is -1.00. The highest BCUT2D eigenvalue weighted by Gasteiger charge is 2.16. The Morgan fingerprint density at radius 3 is 2.40 bits per heavy atom. The van der Waals surface area contributed by atoms with Crippen LogP contribution in [0.4, 0.5) is 10.7 Å². The largest absolute Gasteiger partial charge is 0.478 e. The number of rotatable bonds is 10. The number of nitrogens with one attached hydrogen (secondary N) is 2. The standard InChI is InChI=1S/C24H33N5O5S/c1-14-11-15(2)17(21(31)32)12-16(14)18-13-20(29-22(25)28-18)35-10-6-7-19(30)26-8-9-27-23(33)34-24(3,4)5/h11-13H,6-10H2,1-5H3,(H,26,30)(H,27,33)(H,31,32)(H2,25,28,29). The molecule has 0 unspecified atom stereocenters. The number of carbonyl (C=O) groups is 3. The maximum Gasteiger partial charge on any atom is 0.407 e. The molecule has 0 spiro atoms. The Labute approximate surface area is 209 Å². The fraction of sp³-hybridized carbons (Fsp3) is 0.458. The summed E-state index contributed by atoms with van der Waals surface area (Å²) in [6, 6.07) is 5.18. The number of nitrogens with two attached hydrogens (primary N) is 1. The fourth-order valence-electron chi connectivity index (χ4n) is 3.19. The average Bonchev–Trinajstić information content (AvgIpc) is 2.72. The van der Waals surface area contributed by atoms with Crippen LogP contribution >= 0.6 is 11.8 Å². The molecule has 2 rings (SSSR count). The van der Waals surface area contributed by atoms with Crippen molar-refractivity contribution in [3.63, 3.8) is 0 Å². The van der Waals surface area contributed by atoms with Crippen molar-refractivity contribution >= 4 is 35.7 Å². The van der Waals surface area contributed by atoms with Gasteiger partial charge in [0.25, 0.3) is 0 Å². The number of hydrogen-bond donors (Lipinski definition) is 4. The van der Waals surface area contributed by atoms with Crippen LogP contribution in [0.5, 0.6) is 0 Å². The van der Waals surface area contributed by atoms with Gasteiger partial charge in [0.1, 0.15) is 10.6 Å². The Morgan fingerprint density at radius 1 is 1.06 bits per heavy atom. The highest BCUT2D eigenvalue weighted by Crippen LogP contribution is 2.29. The SMILES string of the molecule is Cc1cc(C)c(-c2cc(SCCCC(=O)NCCNC(=O)OC(C)(C)C)nc(N)n2)cc1C(=O)O. The number of nitrogen functional groups attached to an aromatic ring is 1. The van der Waals surface area contributed by atoms with Gasteiger partial charge in [0.15, 0.2) is 0 Å². The van der Waals surface area contributed by atoms with E-state index in [1.807, 2.05) is 13.0 Å². The van der Waals surface area contributed by atoms with Gasteiger partial charge in [-0.05, 0) is 70.1 Å². The average molecular weight is 504 g/mol. The van der Waals surface area contributed by atoms with Crippen molar-refractivity contribution in [2.75, 3.05) is 24.6 Å². The van der Waals surface area contributed by atoms with Gasteiger partial charge in [-0.15, -0.1) is 11.8 Å². The zero-order chi connectivity index (χ0) is 26.2. The monoisotopic (exact) mass is 503 g/mol. The predicted octanol–water partition coefficient (Wildman–Crippen LogP) is 3.55. The van der Waals surface area contributed by atoms with Crippen LogP contribution in [-0.4, -0.2) is 57.5 Å². The highest BCUT2D eigenvalue weighted by molar-refractivity contribution is 7.99. The van der Waals surface area contributed by atoms with Gasteiger partial charge in [-0.25, -0.2) is 19.6 Å². The number of thioether (sulfide) groups is 1. The first kappa shape index (κ1) is 27.9. The number of nitrogens with zero attached hydrogens (tertiary/aromatic N) is 2. The number of carboxylic acid groups (broad SMARTS) is 1. The molecule has 1 heterocycles. The molecule has 2 aromatic rings. The van der Waals surface area contributed by atoms with Crippen molar-refractivity contribution in [3.05, 3.63) is 34.9 Å². The molecule has 1 aromatic carbocycles. The molecular weight excluding hydrogens is 470 g/mol. The minimum absolute atomic E-state index is 0.0945. The first-order chi connectivity index (χ1) is 16.4. The van der Waals surface area contributed by atoms with Crippen molar-refractivity contribution in [2.45, 2.75) is 58.1 Å². The van der Waals surface area contributed by atoms with E-state index in [1.54, 1.807) is 39.8 Å². The van der Waals surface area contributed by atoms with Crippen molar-refractivity contribution < 1.29 is 24.2 Å². The van der Waals surface area contributed by atoms with E-state index in [0.29, 0.717) is 47.0 Å². The second kappa shape index (κ2) is 12.4. The van der Waals surface area contributed by atoms with Crippen molar-refractivity contribution in [1.29, 1.82) is 0 Å². The van der Waals surface area contributed by atoms with E-state index >= 15 is 0 Å². The maximum atomic E-state index is 12.0. The van der Waals surface area contributed by atoms with Gasteiger partial charge in [-0.2, -0.15) is 0 Å². The summed E-state index contributed by atoms with van der Waals surface area (Å²) in [6.45, 7) is 9.57. The Balaban J connectivity index is 1.84. The number of alkyl carbamates (subject to hydrolysis) is 1. The lowest BCUT2D eigenvalue weighted by Gasteiger charge is -2.19. The minimum Gasteiger partial charge on any atom is -0.478 e. The smallest absolute Gasteiger partial charge is 0.407 e. The summed E-state index contributed by atoms with van der Waals surface area (Å²) >= 11 is 1.44. The van der Waals surface area contributed by atoms with E-state index in [0.717, 1.165) is 5.56 Å².